The standard InChI is InChI=1S/C12H21N3O2/c1-10-14-11(17-15-10)7-13-8-12(9-16)5-3-2-4-6-12/h13,16H,2-9H2,1H3. The quantitative estimate of drug-likeness (QED) is 0.813. The monoisotopic (exact) mass is 239 g/mol. The number of aromatic nitrogens is 2. The summed E-state index contributed by atoms with van der Waals surface area (Å²) in [5, 5.41) is 16.6. The largest absolute Gasteiger partial charge is 0.396 e. The van der Waals surface area contributed by atoms with Crippen molar-refractivity contribution in [2.24, 2.45) is 5.41 Å². The second-order valence-electron chi connectivity index (χ2n) is 5.06. The zero-order valence-corrected chi connectivity index (χ0v) is 10.4. The van der Waals surface area contributed by atoms with E-state index in [2.05, 4.69) is 15.5 Å². The number of rotatable bonds is 5. The Balaban J connectivity index is 1.79. The lowest BCUT2D eigenvalue weighted by Gasteiger charge is -2.35. The molecule has 0 amide bonds. The van der Waals surface area contributed by atoms with Gasteiger partial charge in [0.25, 0.3) is 0 Å². The predicted molar refractivity (Wildman–Crippen MR) is 63.3 cm³/mol. The van der Waals surface area contributed by atoms with Crippen LogP contribution in [0.2, 0.25) is 0 Å². The van der Waals surface area contributed by atoms with Gasteiger partial charge in [0, 0.05) is 18.6 Å². The molecule has 5 nitrogen and oxygen atoms in total. The Labute approximate surface area is 102 Å². The maximum Gasteiger partial charge on any atom is 0.240 e. The summed E-state index contributed by atoms with van der Waals surface area (Å²) in [5.74, 6) is 1.28. The molecule has 0 atom stereocenters. The van der Waals surface area contributed by atoms with E-state index in [9.17, 15) is 5.11 Å². The van der Waals surface area contributed by atoms with Gasteiger partial charge >= 0.3 is 0 Å². The van der Waals surface area contributed by atoms with Crippen LogP contribution in [-0.2, 0) is 6.54 Å². The van der Waals surface area contributed by atoms with Crippen LogP contribution in [0, 0.1) is 12.3 Å². The number of hydrogen-bond acceptors (Lipinski definition) is 5. The zero-order valence-electron chi connectivity index (χ0n) is 10.4. The fraction of sp³-hybridized carbons (Fsp3) is 0.833. The van der Waals surface area contributed by atoms with Crippen LogP contribution in [0.15, 0.2) is 4.52 Å². The molecule has 1 saturated carbocycles. The average molecular weight is 239 g/mol. The first-order valence-electron chi connectivity index (χ1n) is 6.35. The molecule has 0 bridgehead atoms. The van der Waals surface area contributed by atoms with E-state index in [0.29, 0.717) is 18.3 Å². The SMILES string of the molecule is Cc1noc(CNCC2(CO)CCCCC2)n1. The molecule has 1 fully saturated rings. The van der Waals surface area contributed by atoms with Crippen molar-refractivity contribution in [1.82, 2.24) is 15.5 Å². The van der Waals surface area contributed by atoms with Crippen molar-refractivity contribution in [1.29, 1.82) is 0 Å². The second kappa shape index (κ2) is 5.60. The lowest BCUT2D eigenvalue weighted by molar-refractivity contribution is 0.0802. The molecule has 1 heterocycles. The highest BCUT2D eigenvalue weighted by atomic mass is 16.5. The van der Waals surface area contributed by atoms with Gasteiger partial charge in [-0.2, -0.15) is 4.98 Å². The van der Waals surface area contributed by atoms with E-state index in [1.54, 1.807) is 0 Å². The van der Waals surface area contributed by atoms with E-state index < -0.39 is 0 Å². The molecule has 1 aromatic heterocycles. The predicted octanol–water partition coefficient (Wildman–Crippen LogP) is 1.41. The Kier molecular flexibility index (Phi) is 4.12. The minimum absolute atomic E-state index is 0.0628. The van der Waals surface area contributed by atoms with Crippen molar-refractivity contribution in [3.63, 3.8) is 0 Å². The first kappa shape index (κ1) is 12.5. The first-order valence-corrected chi connectivity index (χ1v) is 6.35. The van der Waals surface area contributed by atoms with Crippen LogP contribution < -0.4 is 5.32 Å². The molecular weight excluding hydrogens is 218 g/mol. The Morgan fingerprint density at radius 3 is 2.71 bits per heavy atom. The fourth-order valence-corrected chi connectivity index (χ4v) is 2.54. The van der Waals surface area contributed by atoms with Gasteiger partial charge in [-0.1, -0.05) is 24.4 Å². The Morgan fingerprint density at radius 1 is 1.35 bits per heavy atom. The average Bonchev–Trinajstić information content (AvgIpc) is 2.76. The Morgan fingerprint density at radius 2 is 2.12 bits per heavy atom. The summed E-state index contributed by atoms with van der Waals surface area (Å²) in [7, 11) is 0. The molecule has 0 radical (unpaired) electrons. The molecular formula is C12H21N3O2. The van der Waals surface area contributed by atoms with E-state index >= 15 is 0 Å². The maximum atomic E-state index is 9.55. The molecule has 2 N–H and O–H groups in total. The summed E-state index contributed by atoms with van der Waals surface area (Å²) in [4.78, 5) is 4.14. The highest BCUT2D eigenvalue weighted by Crippen LogP contribution is 2.35. The van der Waals surface area contributed by atoms with Gasteiger partial charge in [0.05, 0.1) is 6.54 Å². The van der Waals surface area contributed by atoms with Gasteiger partial charge in [-0.25, -0.2) is 0 Å². The lowest BCUT2D eigenvalue weighted by atomic mass is 9.74. The van der Waals surface area contributed by atoms with E-state index in [4.69, 9.17) is 4.52 Å². The summed E-state index contributed by atoms with van der Waals surface area (Å²) in [6, 6.07) is 0. The number of aliphatic hydroxyl groups is 1. The van der Waals surface area contributed by atoms with E-state index in [-0.39, 0.29) is 12.0 Å². The number of aryl methyl sites for hydroxylation is 1. The van der Waals surface area contributed by atoms with Crippen molar-refractivity contribution in [3.8, 4) is 0 Å². The van der Waals surface area contributed by atoms with Gasteiger partial charge in [0.15, 0.2) is 5.82 Å². The zero-order chi connectivity index (χ0) is 12.1. The molecule has 96 valence electrons. The number of nitrogens with zero attached hydrogens (tertiary/aromatic N) is 2. The minimum Gasteiger partial charge on any atom is -0.396 e. The molecule has 0 saturated heterocycles. The molecule has 0 aromatic carbocycles. The lowest BCUT2D eigenvalue weighted by Crippen LogP contribution is -2.38. The van der Waals surface area contributed by atoms with Crippen LogP contribution in [0.1, 0.15) is 43.8 Å². The van der Waals surface area contributed by atoms with E-state index in [1.807, 2.05) is 6.92 Å². The van der Waals surface area contributed by atoms with Crippen LogP contribution in [-0.4, -0.2) is 28.4 Å². The van der Waals surface area contributed by atoms with Crippen molar-refractivity contribution in [3.05, 3.63) is 11.7 Å². The van der Waals surface area contributed by atoms with Crippen molar-refractivity contribution in [2.45, 2.75) is 45.6 Å². The third-order valence-corrected chi connectivity index (χ3v) is 3.60. The summed E-state index contributed by atoms with van der Waals surface area (Å²) in [6.45, 7) is 3.49. The van der Waals surface area contributed by atoms with Crippen LogP contribution in [0.25, 0.3) is 0 Å². The van der Waals surface area contributed by atoms with Crippen molar-refractivity contribution in [2.75, 3.05) is 13.2 Å². The van der Waals surface area contributed by atoms with Crippen LogP contribution >= 0.6 is 0 Å². The first-order chi connectivity index (χ1) is 8.24. The number of hydrogen-bond donors (Lipinski definition) is 2. The molecule has 0 aliphatic heterocycles. The van der Waals surface area contributed by atoms with Gasteiger partial charge in [-0.15, -0.1) is 0 Å². The molecule has 1 aliphatic rings. The molecule has 5 heteroatoms. The van der Waals surface area contributed by atoms with E-state index in [0.717, 1.165) is 19.4 Å². The van der Waals surface area contributed by atoms with Gasteiger partial charge in [-0.05, 0) is 19.8 Å². The summed E-state index contributed by atoms with van der Waals surface area (Å²) in [6.07, 6.45) is 5.97. The Hall–Kier alpha value is -0.940. The van der Waals surface area contributed by atoms with Gasteiger partial charge < -0.3 is 14.9 Å². The van der Waals surface area contributed by atoms with Crippen LogP contribution in [0.3, 0.4) is 0 Å². The summed E-state index contributed by atoms with van der Waals surface area (Å²) < 4.78 is 5.03. The summed E-state index contributed by atoms with van der Waals surface area (Å²) in [5.41, 5.74) is 0.0628. The Bertz CT molecular complexity index is 345. The smallest absolute Gasteiger partial charge is 0.240 e. The molecule has 1 aliphatic carbocycles. The van der Waals surface area contributed by atoms with Gasteiger partial charge in [0.2, 0.25) is 5.89 Å². The normalized spacial score (nSPS) is 19.4. The van der Waals surface area contributed by atoms with Gasteiger partial charge in [-0.3, -0.25) is 0 Å². The molecule has 1 aromatic rings. The highest BCUT2D eigenvalue weighted by Gasteiger charge is 2.30. The third-order valence-electron chi connectivity index (χ3n) is 3.60. The fourth-order valence-electron chi connectivity index (χ4n) is 2.54. The number of aliphatic hydroxyl groups excluding tert-OH is 1. The topological polar surface area (TPSA) is 71.2 Å². The minimum atomic E-state index is 0.0628. The van der Waals surface area contributed by atoms with E-state index in [1.165, 1.54) is 19.3 Å². The van der Waals surface area contributed by atoms with Crippen LogP contribution in [0.5, 0.6) is 0 Å². The van der Waals surface area contributed by atoms with Crippen molar-refractivity contribution < 1.29 is 9.63 Å². The van der Waals surface area contributed by atoms with Crippen LogP contribution in [0.4, 0.5) is 0 Å². The van der Waals surface area contributed by atoms with Crippen molar-refractivity contribution >= 4 is 0 Å². The molecule has 0 unspecified atom stereocenters. The molecule has 17 heavy (non-hydrogen) atoms. The maximum absolute atomic E-state index is 9.55. The number of nitrogens with one attached hydrogen (secondary N) is 1. The molecule has 2 rings (SSSR count). The van der Waals surface area contributed by atoms with Gasteiger partial charge in [0.1, 0.15) is 0 Å². The highest BCUT2D eigenvalue weighted by molar-refractivity contribution is 4.86. The third kappa shape index (κ3) is 3.26. The summed E-state index contributed by atoms with van der Waals surface area (Å²) >= 11 is 0. The second-order valence-corrected chi connectivity index (χ2v) is 5.06. The molecule has 0 spiro atoms.